The van der Waals surface area contributed by atoms with E-state index in [0.717, 1.165) is 17.7 Å². The number of hydrogen-bond acceptors (Lipinski definition) is 4. The van der Waals surface area contributed by atoms with Gasteiger partial charge in [0, 0.05) is 17.2 Å². The van der Waals surface area contributed by atoms with Crippen LogP contribution in [0.2, 0.25) is 5.02 Å². The van der Waals surface area contributed by atoms with Crippen LogP contribution < -0.4 is 16.0 Å². The van der Waals surface area contributed by atoms with Gasteiger partial charge >= 0.3 is 0 Å². The Bertz CT molecular complexity index is 374. The Hall–Kier alpha value is -0.810. The molecule has 0 aliphatic heterocycles. The van der Waals surface area contributed by atoms with E-state index in [1.165, 1.54) is 0 Å². The lowest BCUT2D eigenvalue weighted by atomic mass is 9.99. The van der Waals surface area contributed by atoms with Crippen molar-refractivity contribution in [1.29, 1.82) is 0 Å². The molecule has 18 heavy (non-hydrogen) atoms. The van der Waals surface area contributed by atoms with Crippen LogP contribution in [0.3, 0.4) is 0 Å². The van der Waals surface area contributed by atoms with Crippen LogP contribution in [0.1, 0.15) is 31.9 Å². The van der Waals surface area contributed by atoms with Crippen molar-refractivity contribution < 1.29 is 9.47 Å². The fourth-order valence-electron chi connectivity index (χ4n) is 2.01. The van der Waals surface area contributed by atoms with E-state index in [9.17, 15) is 0 Å². The number of ether oxygens (including phenoxy) is 2. The number of halogens is 1. The molecule has 0 spiro atoms. The largest absolute Gasteiger partial charge is 0.496 e. The Balaban J connectivity index is 3.09. The summed E-state index contributed by atoms with van der Waals surface area (Å²) in [6.07, 6.45) is 0.825. The quantitative estimate of drug-likeness (QED) is 0.592. The van der Waals surface area contributed by atoms with Crippen LogP contribution >= 0.6 is 11.6 Å². The smallest absolute Gasteiger partial charge is 0.123 e. The Morgan fingerprint density at radius 3 is 2.61 bits per heavy atom. The Kier molecular flexibility index (Phi) is 6.43. The normalized spacial score (nSPS) is 14.3. The summed E-state index contributed by atoms with van der Waals surface area (Å²) in [4.78, 5) is 0. The van der Waals surface area contributed by atoms with Gasteiger partial charge in [0.2, 0.25) is 0 Å². The molecule has 3 N–H and O–H groups in total. The number of hydrazine groups is 1. The second-order valence-corrected chi connectivity index (χ2v) is 4.37. The third-order valence-electron chi connectivity index (χ3n) is 2.86. The molecule has 0 aliphatic rings. The predicted octanol–water partition coefficient (Wildman–Crippen LogP) is 2.67. The zero-order chi connectivity index (χ0) is 13.5. The van der Waals surface area contributed by atoms with E-state index in [1.807, 2.05) is 19.1 Å². The molecule has 1 rings (SSSR count). The minimum Gasteiger partial charge on any atom is -0.496 e. The maximum atomic E-state index is 6.03. The van der Waals surface area contributed by atoms with Crippen LogP contribution in [-0.2, 0) is 4.74 Å². The van der Waals surface area contributed by atoms with Gasteiger partial charge in [-0.2, -0.15) is 0 Å². The number of nitrogens with one attached hydrogen (secondary N) is 1. The summed E-state index contributed by atoms with van der Waals surface area (Å²) >= 11 is 6.03. The Labute approximate surface area is 113 Å². The lowest BCUT2D eigenvalue weighted by molar-refractivity contribution is 0.0308. The average molecular weight is 273 g/mol. The first-order valence-corrected chi connectivity index (χ1v) is 6.46. The summed E-state index contributed by atoms with van der Waals surface area (Å²) in [7, 11) is 1.63. The van der Waals surface area contributed by atoms with Gasteiger partial charge < -0.3 is 9.47 Å². The Morgan fingerprint density at radius 1 is 1.39 bits per heavy atom. The molecule has 1 aromatic carbocycles. The van der Waals surface area contributed by atoms with Gasteiger partial charge in [0.05, 0.1) is 19.3 Å². The molecule has 0 saturated heterocycles. The highest BCUT2D eigenvalue weighted by molar-refractivity contribution is 6.30. The second-order valence-electron chi connectivity index (χ2n) is 3.93. The zero-order valence-electron chi connectivity index (χ0n) is 11.1. The van der Waals surface area contributed by atoms with Crippen LogP contribution in [-0.4, -0.2) is 19.8 Å². The third kappa shape index (κ3) is 3.59. The maximum Gasteiger partial charge on any atom is 0.123 e. The summed E-state index contributed by atoms with van der Waals surface area (Å²) in [5.41, 5.74) is 3.70. The minimum atomic E-state index is -0.149. The molecule has 0 saturated carbocycles. The first kappa shape index (κ1) is 15.2. The fraction of sp³-hybridized carbons (Fsp3) is 0.538. The van der Waals surface area contributed by atoms with Gasteiger partial charge in [-0.1, -0.05) is 18.5 Å². The van der Waals surface area contributed by atoms with Crippen molar-refractivity contribution >= 4 is 11.6 Å². The molecule has 5 heteroatoms. The van der Waals surface area contributed by atoms with Crippen LogP contribution in [0.4, 0.5) is 0 Å². The molecule has 2 atom stereocenters. The highest BCUT2D eigenvalue weighted by Gasteiger charge is 2.24. The molecule has 1 aromatic rings. The predicted molar refractivity (Wildman–Crippen MR) is 73.8 cm³/mol. The van der Waals surface area contributed by atoms with Crippen molar-refractivity contribution in [2.45, 2.75) is 32.4 Å². The molecule has 4 nitrogen and oxygen atoms in total. The topological polar surface area (TPSA) is 56.5 Å². The number of nitrogens with two attached hydrogens (primary N) is 1. The second kappa shape index (κ2) is 7.59. The zero-order valence-corrected chi connectivity index (χ0v) is 11.8. The SMILES string of the molecule is CCOC(CC)C(NN)c1cc(Cl)ccc1OC. The van der Waals surface area contributed by atoms with E-state index in [0.29, 0.717) is 11.6 Å². The van der Waals surface area contributed by atoms with Crippen LogP contribution in [0.15, 0.2) is 18.2 Å². The maximum absolute atomic E-state index is 6.03. The fourth-order valence-corrected chi connectivity index (χ4v) is 2.19. The Morgan fingerprint density at radius 2 is 2.11 bits per heavy atom. The van der Waals surface area contributed by atoms with E-state index in [1.54, 1.807) is 13.2 Å². The molecular weight excluding hydrogens is 252 g/mol. The number of benzene rings is 1. The molecular formula is C13H21ClN2O2. The van der Waals surface area contributed by atoms with E-state index in [4.69, 9.17) is 26.9 Å². The number of hydrogen-bond donors (Lipinski definition) is 2. The number of rotatable bonds is 7. The molecule has 0 aromatic heterocycles. The van der Waals surface area contributed by atoms with Crippen molar-refractivity contribution in [2.24, 2.45) is 5.84 Å². The molecule has 0 bridgehead atoms. The summed E-state index contributed by atoms with van der Waals surface area (Å²) in [5.74, 6) is 6.41. The molecule has 0 amide bonds. The van der Waals surface area contributed by atoms with Crippen molar-refractivity contribution in [3.05, 3.63) is 28.8 Å². The monoisotopic (exact) mass is 272 g/mol. The van der Waals surface area contributed by atoms with Crippen molar-refractivity contribution in [1.82, 2.24) is 5.43 Å². The lowest BCUT2D eigenvalue weighted by Crippen LogP contribution is -2.38. The van der Waals surface area contributed by atoms with Gasteiger partial charge in [-0.25, -0.2) is 0 Å². The van der Waals surface area contributed by atoms with Crippen molar-refractivity contribution in [3.63, 3.8) is 0 Å². The van der Waals surface area contributed by atoms with Crippen molar-refractivity contribution in [2.75, 3.05) is 13.7 Å². The minimum absolute atomic E-state index is 0.0210. The summed E-state index contributed by atoms with van der Waals surface area (Å²) in [6.45, 7) is 4.66. The van der Waals surface area contributed by atoms with E-state index in [2.05, 4.69) is 12.3 Å². The highest BCUT2D eigenvalue weighted by Crippen LogP contribution is 2.31. The van der Waals surface area contributed by atoms with Crippen LogP contribution in [0.5, 0.6) is 5.75 Å². The first-order chi connectivity index (χ1) is 8.67. The molecule has 0 aliphatic carbocycles. The summed E-state index contributed by atoms with van der Waals surface area (Å²) in [5, 5.41) is 0.650. The highest BCUT2D eigenvalue weighted by atomic mass is 35.5. The van der Waals surface area contributed by atoms with Crippen molar-refractivity contribution in [3.8, 4) is 5.75 Å². The van der Waals surface area contributed by atoms with Crippen LogP contribution in [0, 0.1) is 0 Å². The van der Waals surface area contributed by atoms with Gasteiger partial charge in [-0.3, -0.25) is 11.3 Å². The molecule has 0 fully saturated rings. The summed E-state index contributed by atoms with van der Waals surface area (Å²) < 4.78 is 11.0. The van der Waals surface area contributed by atoms with Gasteiger partial charge in [0.15, 0.2) is 0 Å². The number of methoxy groups -OCH3 is 1. The summed E-state index contributed by atoms with van der Waals surface area (Å²) in [6, 6.07) is 5.33. The average Bonchev–Trinajstić information content (AvgIpc) is 2.39. The third-order valence-corrected chi connectivity index (χ3v) is 3.10. The van der Waals surface area contributed by atoms with Gasteiger partial charge in [-0.05, 0) is 31.5 Å². The lowest BCUT2D eigenvalue weighted by Gasteiger charge is -2.27. The van der Waals surface area contributed by atoms with Gasteiger partial charge in [0.1, 0.15) is 5.75 Å². The first-order valence-electron chi connectivity index (χ1n) is 6.09. The molecule has 0 radical (unpaired) electrons. The molecule has 0 heterocycles. The molecule has 102 valence electrons. The van der Waals surface area contributed by atoms with Crippen LogP contribution in [0.25, 0.3) is 0 Å². The van der Waals surface area contributed by atoms with E-state index in [-0.39, 0.29) is 12.1 Å². The van der Waals surface area contributed by atoms with Gasteiger partial charge in [0.25, 0.3) is 0 Å². The molecule has 2 unspecified atom stereocenters. The van der Waals surface area contributed by atoms with E-state index >= 15 is 0 Å². The standard InChI is InChI=1S/C13H21ClN2O2/c1-4-11(18-5-2)13(16-15)10-8-9(14)6-7-12(10)17-3/h6-8,11,13,16H,4-5,15H2,1-3H3. The van der Waals surface area contributed by atoms with E-state index < -0.39 is 0 Å². The van der Waals surface area contributed by atoms with Gasteiger partial charge in [-0.15, -0.1) is 0 Å².